The fourth-order valence-corrected chi connectivity index (χ4v) is 1.33. The number of rotatable bonds is 4. The molecule has 0 saturated heterocycles. The predicted octanol–water partition coefficient (Wildman–Crippen LogP) is 2.70. The fraction of sp³-hybridized carbons (Fsp3) is 0.545. The number of halogens is 1. The highest BCUT2D eigenvalue weighted by atomic mass is 19.1. The first-order valence-corrected chi connectivity index (χ1v) is 4.96. The molecular formula is C11H17FN2. The van der Waals surface area contributed by atoms with Crippen LogP contribution in [0.1, 0.15) is 20.3 Å². The molecule has 0 fully saturated rings. The molecule has 3 heteroatoms. The van der Waals surface area contributed by atoms with Gasteiger partial charge in [-0.1, -0.05) is 20.3 Å². The molecule has 0 aliphatic rings. The quantitative estimate of drug-likeness (QED) is 0.688. The Morgan fingerprint density at radius 1 is 1.57 bits per heavy atom. The predicted molar refractivity (Wildman–Crippen MR) is 56.9 cm³/mol. The van der Waals surface area contributed by atoms with Gasteiger partial charge in [0.2, 0.25) is 5.95 Å². The van der Waals surface area contributed by atoms with Crippen molar-refractivity contribution in [3.63, 3.8) is 0 Å². The highest BCUT2D eigenvalue weighted by Gasteiger charge is 2.06. The van der Waals surface area contributed by atoms with Gasteiger partial charge in [0.1, 0.15) is 0 Å². The van der Waals surface area contributed by atoms with E-state index >= 15 is 0 Å². The van der Waals surface area contributed by atoms with Crippen LogP contribution in [0.15, 0.2) is 18.3 Å². The maximum atomic E-state index is 12.8. The van der Waals surface area contributed by atoms with Gasteiger partial charge in [-0.3, -0.25) is 0 Å². The van der Waals surface area contributed by atoms with Gasteiger partial charge in [-0.05, 0) is 12.0 Å². The Hall–Kier alpha value is -1.12. The van der Waals surface area contributed by atoms with Gasteiger partial charge in [0.05, 0.1) is 0 Å². The number of anilines is 1. The summed E-state index contributed by atoms with van der Waals surface area (Å²) < 4.78 is 12.8. The van der Waals surface area contributed by atoms with E-state index in [1.165, 1.54) is 12.3 Å². The summed E-state index contributed by atoms with van der Waals surface area (Å²) in [6.07, 6.45) is 2.63. The van der Waals surface area contributed by atoms with Crippen molar-refractivity contribution < 1.29 is 4.39 Å². The van der Waals surface area contributed by atoms with Gasteiger partial charge in [-0.2, -0.15) is 4.39 Å². The largest absolute Gasteiger partial charge is 0.374 e. The summed E-state index contributed by atoms with van der Waals surface area (Å²) in [5.41, 5.74) is 0.887. The van der Waals surface area contributed by atoms with Crippen molar-refractivity contribution in [3.05, 3.63) is 24.3 Å². The zero-order chi connectivity index (χ0) is 10.6. The summed E-state index contributed by atoms with van der Waals surface area (Å²) in [5.74, 6) is 0.203. The van der Waals surface area contributed by atoms with Crippen LogP contribution in [0, 0.1) is 11.9 Å². The summed E-state index contributed by atoms with van der Waals surface area (Å²) >= 11 is 0. The lowest BCUT2D eigenvalue weighted by atomic mass is 10.1. The minimum absolute atomic E-state index is 0.418. The summed E-state index contributed by atoms with van der Waals surface area (Å²) in [7, 11) is 1.97. The van der Waals surface area contributed by atoms with Crippen molar-refractivity contribution in [3.8, 4) is 0 Å². The molecule has 1 atom stereocenters. The summed E-state index contributed by atoms with van der Waals surface area (Å²) in [6.45, 7) is 5.29. The normalized spacial score (nSPS) is 12.6. The Balaban J connectivity index is 2.64. The highest BCUT2D eigenvalue weighted by molar-refractivity contribution is 5.43. The minimum atomic E-state index is -0.418. The van der Waals surface area contributed by atoms with Crippen LogP contribution in [0.25, 0.3) is 0 Å². The van der Waals surface area contributed by atoms with Crippen LogP contribution < -0.4 is 4.90 Å². The molecule has 0 aliphatic heterocycles. The van der Waals surface area contributed by atoms with E-state index in [9.17, 15) is 4.39 Å². The Morgan fingerprint density at radius 3 is 2.86 bits per heavy atom. The lowest BCUT2D eigenvalue weighted by Crippen LogP contribution is -2.23. The SMILES string of the molecule is CCC(C)CN(C)c1ccnc(F)c1. The molecule has 1 unspecified atom stereocenters. The number of hydrogen-bond acceptors (Lipinski definition) is 2. The van der Waals surface area contributed by atoms with Gasteiger partial charge in [0, 0.05) is 31.5 Å². The molecule has 0 N–H and O–H groups in total. The van der Waals surface area contributed by atoms with E-state index in [1.54, 1.807) is 0 Å². The van der Waals surface area contributed by atoms with E-state index < -0.39 is 5.95 Å². The van der Waals surface area contributed by atoms with Crippen molar-refractivity contribution in [2.75, 3.05) is 18.5 Å². The molecule has 1 rings (SSSR count). The maximum Gasteiger partial charge on any atom is 0.214 e. The molecule has 0 spiro atoms. The van der Waals surface area contributed by atoms with E-state index in [0.717, 1.165) is 18.7 Å². The van der Waals surface area contributed by atoms with Crippen LogP contribution in [0.4, 0.5) is 10.1 Å². The Kier molecular flexibility index (Phi) is 3.86. The lowest BCUT2D eigenvalue weighted by molar-refractivity contribution is 0.555. The molecule has 1 aromatic heterocycles. The second-order valence-corrected chi connectivity index (χ2v) is 3.73. The van der Waals surface area contributed by atoms with Crippen molar-refractivity contribution in [2.24, 2.45) is 5.92 Å². The molecule has 0 bridgehead atoms. The number of pyridine rings is 1. The average molecular weight is 196 g/mol. The van der Waals surface area contributed by atoms with Crippen LogP contribution >= 0.6 is 0 Å². The first kappa shape index (κ1) is 11.0. The van der Waals surface area contributed by atoms with E-state index in [-0.39, 0.29) is 0 Å². The highest BCUT2D eigenvalue weighted by Crippen LogP contribution is 2.14. The van der Waals surface area contributed by atoms with E-state index in [2.05, 4.69) is 23.7 Å². The molecule has 0 aliphatic carbocycles. The molecule has 0 amide bonds. The zero-order valence-electron chi connectivity index (χ0n) is 9.00. The molecular weight excluding hydrogens is 179 g/mol. The van der Waals surface area contributed by atoms with Crippen molar-refractivity contribution in [2.45, 2.75) is 20.3 Å². The molecule has 1 heterocycles. The smallest absolute Gasteiger partial charge is 0.214 e. The molecule has 1 aromatic rings. The second kappa shape index (κ2) is 4.94. The summed E-state index contributed by atoms with van der Waals surface area (Å²) in [4.78, 5) is 5.58. The Morgan fingerprint density at radius 2 is 2.29 bits per heavy atom. The molecule has 0 radical (unpaired) electrons. The molecule has 78 valence electrons. The topological polar surface area (TPSA) is 16.1 Å². The Labute approximate surface area is 84.8 Å². The van der Waals surface area contributed by atoms with Crippen molar-refractivity contribution in [1.29, 1.82) is 0 Å². The van der Waals surface area contributed by atoms with E-state index in [0.29, 0.717) is 5.92 Å². The van der Waals surface area contributed by atoms with Crippen LogP contribution in [-0.4, -0.2) is 18.6 Å². The minimum Gasteiger partial charge on any atom is -0.374 e. The number of aromatic nitrogens is 1. The zero-order valence-corrected chi connectivity index (χ0v) is 9.00. The molecule has 2 nitrogen and oxygen atoms in total. The lowest BCUT2D eigenvalue weighted by Gasteiger charge is -2.22. The monoisotopic (exact) mass is 196 g/mol. The third-order valence-corrected chi connectivity index (χ3v) is 2.43. The summed E-state index contributed by atoms with van der Waals surface area (Å²) in [6, 6.07) is 3.29. The van der Waals surface area contributed by atoms with Crippen LogP contribution in [0.2, 0.25) is 0 Å². The average Bonchev–Trinajstić information content (AvgIpc) is 2.17. The first-order chi connectivity index (χ1) is 6.63. The fourth-order valence-electron chi connectivity index (χ4n) is 1.33. The third kappa shape index (κ3) is 2.98. The van der Waals surface area contributed by atoms with Gasteiger partial charge >= 0.3 is 0 Å². The summed E-state index contributed by atoms with van der Waals surface area (Å²) in [5, 5.41) is 0. The standard InChI is InChI=1S/C11H17FN2/c1-4-9(2)8-14(3)10-5-6-13-11(12)7-10/h5-7,9H,4,8H2,1-3H3. The van der Waals surface area contributed by atoms with E-state index in [4.69, 9.17) is 0 Å². The number of nitrogens with zero attached hydrogens (tertiary/aromatic N) is 2. The van der Waals surface area contributed by atoms with Gasteiger partial charge < -0.3 is 4.90 Å². The van der Waals surface area contributed by atoms with Crippen molar-refractivity contribution >= 4 is 5.69 Å². The number of hydrogen-bond donors (Lipinski definition) is 0. The molecule has 0 aromatic carbocycles. The van der Waals surface area contributed by atoms with Crippen molar-refractivity contribution in [1.82, 2.24) is 4.98 Å². The molecule has 0 saturated carbocycles. The van der Waals surface area contributed by atoms with Crippen LogP contribution in [0.5, 0.6) is 0 Å². The Bertz CT molecular complexity index is 288. The van der Waals surface area contributed by atoms with Crippen LogP contribution in [0.3, 0.4) is 0 Å². The van der Waals surface area contributed by atoms with Gasteiger partial charge in [0.25, 0.3) is 0 Å². The maximum absolute atomic E-state index is 12.8. The van der Waals surface area contributed by atoms with E-state index in [1.807, 2.05) is 13.1 Å². The van der Waals surface area contributed by atoms with Crippen LogP contribution in [-0.2, 0) is 0 Å². The van der Waals surface area contributed by atoms with Gasteiger partial charge in [0.15, 0.2) is 0 Å². The second-order valence-electron chi connectivity index (χ2n) is 3.73. The third-order valence-electron chi connectivity index (χ3n) is 2.43. The molecule has 14 heavy (non-hydrogen) atoms. The first-order valence-electron chi connectivity index (χ1n) is 4.96. The van der Waals surface area contributed by atoms with Gasteiger partial charge in [-0.25, -0.2) is 4.98 Å². The van der Waals surface area contributed by atoms with Gasteiger partial charge in [-0.15, -0.1) is 0 Å².